The van der Waals surface area contributed by atoms with E-state index >= 15 is 0 Å². The summed E-state index contributed by atoms with van der Waals surface area (Å²) in [5.41, 5.74) is 2.17. The van der Waals surface area contributed by atoms with E-state index in [2.05, 4.69) is 0 Å². The molecule has 0 heterocycles. The quantitative estimate of drug-likeness (QED) is 0.793. The van der Waals surface area contributed by atoms with E-state index < -0.39 is 0 Å². The molecule has 25 heavy (non-hydrogen) atoms. The summed E-state index contributed by atoms with van der Waals surface area (Å²) in [5, 5.41) is 0.575. The summed E-state index contributed by atoms with van der Waals surface area (Å²) in [6, 6.07) is 12.8. The van der Waals surface area contributed by atoms with Crippen LogP contribution in [0.4, 0.5) is 5.69 Å². The van der Waals surface area contributed by atoms with Crippen LogP contribution in [0.5, 0.6) is 5.75 Å². The summed E-state index contributed by atoms with van der Waals surface area (Å²) in [6.07, 6.45) is 0.425. The number of hydrogen-bond donors (Lipinski definition) is 0. The van der Waals surface area contributed by atoms with Crippen molar-refractivity contribution < 1.29 is 14.3 Å². The molecular formula is C20H20ClNO3. The average molecular weight is 358 g/mol. The number of para-hydroxylation sites is 1. The van der Waals surface area contributed by atoms with Gasteiger partial charge in [-0.2, -0.15) is 0 Å². The molecule has 0 saturated carbocycles. The Balaban J connectivity index is 1.78. The van der Waals surface area contributed by atoms with Gasteiger partial charge in [-0.05, 0) is 42.7 Å². The fraction of sp³-hybridized carbons (Fsp3) is 0.300. The van der Waals surface area contributed by atoms with Gasteiger partial charge in [-0.3, -0.25) is 9.59 Å². The molecular weight excluding hydrogens is 338 g/mol. The third kappa shape index (κ3) is 3.40. The van der Waals surface area contributed by atoms with Gasteiger partial charge in [0.05, 0.1) is 5.56 Å². The van der Waals surface area contributed by atoms with Gasteiger partial charge in [-0.15, -0.1) is 0 Å². The largest absolute Gasteiger partial charge is 0.483 e. The Bertz CT molecular complexity index is 804. The Morgan fingerprint density at radius 3 is 2.64 bits per heavy atom. The molecule has 0 spiro atoms. The van der Waals surface area contributed by atoms with Crippen molar-refractivity contribution in [2.75, 3.05) is 18.1 Å². The molecule has 0 aliphatic heterocycles. The topological polar surface area (TPSA) is 46.6 Å². The molecule has 1 aliphatic rings. The number of carbonyl (C=O) groups excluding carboxylic acids is 2. The van der Waals surface area contributed by atoms with E-state index in [0.717, 1.165) is 11.3 Å². The van der Waals surface area contributed by atoms with E-state index in [-0.39, 0.29) is 24.2 Å². The van der Waals surface area contributed by atoms with E-state index in [4.69, 9.17) is 16.3 Å². The highest BCUT2D eigenvalue weighted by molar-refractivity contribution is 6.32. The van der Waals surface area contributed by atoms with Gasteiger partial charge in [0.1, 0.15) is 5.75 Å². The molecule has 0 bridgehead atoms. The van der Waals surface area contributed by atoms with E-state index in [1.807, 2.05) is 44.2 Å². The highest BCUT2D eigenvalue weighted by atomic mass is 35.5. The maximum atomic E-state index is 12.6. The number of ketones is 1. The van der Waals surface area contributed by atoms with Crippen LogP contribution in [-0.4, -0.2) is 24.8 Å². The number of halogens is 1. The number of anilines is 1. The summed E-state index contributed by atoms with van der Waals surface area (Å²) >= 11 is 6.23. The molecule has 1 amide bonds. The molecule has 0 N–H and O–H groups in total. The molecule has 3 rings (SSSR count). The number of nitrogens with zero attached hydrogens (tertiary/aromatic N) is 1. The molecule has 0 aromatic heterocycles. The standard InChI is InChI=1S/C20H20ClNO3/c1-3-22(14-7-5-4-6-8-14)18(24)12-25-17-10-9-15(21)19-13(2)11-16(23)20(17)19/h4-10,13H,3,11-12H2,1-2H3. The average Bonchev–Trinajstić information content (AvgIpc) is 2.91. The van der Waals surface area contributed by atoms with Crippen LogP contribution in [0.2, 0.25) is 5.02 Å². The normalized spacial score (nSPS) is 15.8. The number of hydrogen-bond acceptors (Lipinski definition) is 3. The lowest BCUT2D eigenvalue weighted by atomic mass is 10.0. The van der Waals surface area contributed by atoms with Crippen LogP contribution in [0.3, 0.4) is 0 Å². The van der Waals surface area contributed by atoms with Crippen molar-refractivity contribution in [1.29, 1.82) is 0 Å². The van der Waals surface area contributed by atoms with Crippen LogP contribution in [0.1, 0.15) is 42.1 Å². The van der Waals surface area contributed by atoms with Crippen LogP contribution in [0.15, 0.2) is 42.5 Å². The van der Waals surface area contributed by atoms with Crippen molar-refractivity contribution in [2.45, 2.75) is 26.2 Å². The van der Waals surface area contributed by atoms with E-state index in [0.29, 0.717) is 29.3 Å². The second kappa shape index (κ2) is 7.28. The Labute approximate surface area is 152 Å². The fourth-order valence-corrected chi connectivity index (χ4v) is 3.62. The van der Waals surface area contributed by atoms with Gasteiger partial charge >= 0.3 is 0 Å². The number of Topliss-reactive ketones (excluding diaryl/α,β-unsaturated/α-hetero) is 1. The number of likely N-dealkylation sites (N-methyl/N-ethyl adjacent to an activating group) is 1. The highest BCUT2D eigenvalue weighted by Crippen LogP contribution is 2.42. The van der Waals surface area contributed by atoms with E-state index in [1.54, 1.807) is 17.0 Å². The lowest BCUT2D eigenvalue weighted by molar-refractivity contribution is -0.120. The van der Waals surface area contributed by atoms with E-state index in [1.165, 1.54) is 0 Å². The first-order valence-electron chi connectivity index (χ1n) is 8.36. The monoisotopic (exact) mass is 357 g/mol. The summed E-state index contributed by atoms with van der Waals surface area (Å²) in [6.45, 7) is 4.30. The summed E-state index contributed by atoms with van der Waals surface area (Å²) < 4.78 is 5.72. The zero-order chi connectivity index (χ0) is 18.0. The molecule has 1 atom stereocenters. The second-order valence-electron chi connectivity index (χ2n) is 6.12. The Morgan fingerprint density at radius 1 is 1.24 bits per heavy atom. The molecule has 130 valence electrons. The van der Waals surface area contributed by atoms with E-state index in [9.17, 15) is 9.59 Å². The molecule has 0 fully saturated rings. The molecule has 1 unspecified atom stereocenters. The predicted octanol–water partition coefficient (Wildman–Crippen LogP) is 4.46. The summed E-state index contributed by atoms with van der Waals surface area (Å²) in [7, 11) is 0. The third-order valence-electron chi connectivity index (χ3n) is 4.45. The lowest BCUT2D eigenvalue weighted by Gasteiger charge is -2.21. The van der Waals surface area contributed by atoms with Gasteiger partial charge < -0.3 is 9.64 Å². The van der Waals surface area contributed by atoms with Gasteiger partial charge in [0.2, 0.25) is 0 Å². The van der Waals surface area contributed by atoms with Gasteiger partial charge in [0, 0.05) is 23.7 Å². The maximum absolute atomic E-state index is 12.6. The van der Waals surface area contributed by atoms with Gasteiger partial charge in [0.25, 0.3) is 5.91 Å². The van der Waals surface area contributed by atoms with Crippen molar-refractivity contribution in [3.63, 3.8) is 0 Å². The Hall–Kier alpha value is -2.33. The van der Waals surface area contributed by atoms with Crippen molar-refractivity contribution in [3.05, 3.63) is 58.6 Å². The molecule has 5 heteroatoms. The molecule has 0 saturated heterocycles. The first-order chi connectivity index (χ1) is 12.0. The number of amides is 1. The van der Waals surface area contributed by atoms with Crippen LogP contribution in [0.25, 0.3) is 0 Å². The summed E-state index contributed by atoms with van der Waals surface area (Å²) in [4.78, 5) is 26.5. The zero-order valence-electron chi connectivity index (χ0n) is 14.3. The Morgan fingerprint density at radius 2 is 1.96 bits per heavy atom. The molecule has 1 aliphatic carbocycles. The summed E-state index contributed by atoms with van der Waals surface area (Å²) in [5.74, 6) is 0.371. The minimum absolute atomic E-state index is 0.0165. The van der Waals surface area contributed by atoms with Crippen LogP contribution in [0, 0.1) is 0 Å². The maximum Gasteiger partial charge on any atom is 0.264 e. The highest BCUT2D eigenvalue weighted by Gasteiger charge is 2.32. The second-order valence-corrected chi connectivity index (χ2v) is 6.53. The number of fused-ring (bicyclic) bond motifs is 1. The van der Waals surface area contributed by atoms with Crippen molar-refractivity contribution in [3.8, 4) is 5.75 Å². The predicted molar refractivity (Wildman–Crippen MR) is 98.8 cm³/mol. The fourth-order valence-electron chi connectivity index (χ4n) is 3.27. The number of ether oxygens (including phenoxy) is 1. The Kier molecular flexibility index (Phi) is 5.09. The van der Waals surface area contributed by atoms with Crippen molar-refractivity contribution in [2.24, 2.45) is 0 Å². The lowest BCUT2D eigenvalue weighted by Crippen LogP contribution is -2.34. The number of benzene rings is 2. The smallest absolute Gasteiger partial charge is 0.264 e. The number of carbonyl (C=O) groups is 2. The van der Waals surface area contributed by atoms with Gasteiger partial charge in [-0.1, -0.05) is 36.7 Å². The third-order valence-corrected chi connectivity index (χ3v) is 4.78. The van der Waals surface area contributed by atoms with Crippen LogP contribution < -0.4 is 9.64 Å². The van der Waals surface area contributed by atoms with Crippen LogP contribution in [-0.2, 0) is 4.79 Å². The number of rotatable bonds is 5. The minimum atomic E-state index is -0.157. The first kappa shape index (κ1) is 17.5. The van der Waals surface area contributed by atoms with Gasteiger partial charge in [-0.25, -0.2) is 0 Å². The van der Waals surface area contributed by atoms with Crippen molar-refractivity contribution >= 4 is 29.0 Å². The first-order valence-corrected chi connectivity index (χ1v) is 8.74. The van der Waals surface area contributed by atoms with Crippen molar-refractivity contribution in [1.82, 2.24) is 0 Å². The molecule has 2 aromatic rings. The van der Waals surface area contributed by atoms with Gasteiger partial charge in [0.15, 0.2) is 12.4 Å². The van der Waals surface area contributed by atoms with Crippen LogP contribution >= 0.6 is 11.6 Å². The SMILES string of the molecule is CCN(C(=O)COc1ccc(Cl)c2c1C(=O)CC2C)c1ccccc1. The minimum Gasteiger partial charge on any atom is -0.483 e. The molecule has 0 radical (unpaired) electrons. The molecule has 4 nitrogen and oxygen atoms in total. The molecule has 2 aromatic carbocycles. The zero-order valence-corrected chi connectivity index (χ0v) is 15.0.